The van der Waals surface area contributed by atoms with Crippen LogP contribution in [0.25, 0.3) is 0 Å². The third-order valence-electron chi connectivity index (χ3n) is 1.65. The summed E-state index contributed by atoms with van der Waals surface area (Å²) in [4.78, 5) is 25.4. The maximum Gasteiger partial charge on any atom is 0.325 e. The van der Waals surface area contributed by atoms with E-state index in [1.165, 1.54) is 17.9 Å². The molecule has 8 heteroatoms. The minimum Gasteiger partial charge on any atom is -0.480 e. The number of anilines is 1. The van der Waals surface area contributed by atoms with Gasteiger partial charge in [-0.15, -0.1) is 0 Å². The monoisotopic (exact) mass is 213 g/mol. The fraction of sp³-hybridized carbons (Fsp3) is 0.429. The number of hydrogen-bond donors (Lipinski definition) is 3. The average Bonchev–Trinajstić information content (AvgIpc) is 2.51. The Morgan fingerprint density at radius 3 is 2.73 bits per heavy atom. The van der Waals surface area contributed by atoms with Gasteiger partial charge in [-0.05, 0) is 6.92 Å². The number of carboxylic acids is 1. The Bertz CT molecular complexity index is 374. The number of nitrogens with one attached hydrogen (secondary N) is 2. The lowest BCUT2D eigenvalue weighted by Gasteiger charge is -2.09. The van der Waals surface area contributed by atoms with Crippen molar-refractivity contribution in [2.75, 3.05) is 5.32 Å². The molecule has 0 saturated heterocycles. The van der Waals surface area contributed by atoms with Crippen LogP contribution in [0.2, 0.25) is 0 Å². The molecule has 1 rings (SSSR count). The van der Waals surface area contributed by atoms with Crippen LogP contribution >= 0.6 is 0 Å². The van der Waals surface area contributed by atoms with Gasteiger partial charge in [0, 0.05) is 7.05 Å². The number of carboxylic acid groups (broad SMARTS) is 1. The van der Waals surface area contributed by atoms with Gasteiger partial charge in [0.1, 0.15) is 12.4 Å². The summed E-state index contributed by atoms with van der Waals surface area (Å²) in [7, 11) is 1.60. The molecule has 0 radical (unpaired) electrons. The third-order valence-corrected chi connectivity index (χ3v) is 1.65. The second-order valence-corrected chi connectivity index (χ2v) is 2.87. The van der Waals surface area contributed by atoms with Crippen LogP contribution in [0.1, 0.15) is 6.92 Å². The van der Waals surface area contributed by atoms with Crippen molar-refractivity contribution in [3.63, 3.8) is 0 Å². The van der Waals surface area contributed by atoms with Crippen LogP contribution < -0.4 is 10.6 Å². The van der Waals surface area contributed by atoms with Gasteiger partial charge in [0.05, 0.1) is 0 Å². The van der Waals surface area contributed by atoms with Gasteiger partial charge in [0.15, 0.2) is 0 Å². The SMILES string of the molecule is C[C@H](NC(=O)Nc1ncnn1C)C(=O)O. The van der Waals surface area contributed by atoms with E-state index >= 15 is 0 Å². The number of aromatic nitrogens is 3. The lowest BCUT2D eigenvalue weighted by atomic mass is 10.3. The molecule has 0 aliphatic rings. The van der Waals surface area contributed by atoms with Gasteiger partial charge in [-0.25, -0.2) is 9.48 Å². The number of hydrogen-bond acceptors (Lipinski definition) is 4. The Balaban J connectivity index is 2.50. The minimum absolute atomic E-state index is 0.241. The van der Waals surface area contributed by atoms with Crippen LogP contribution in [0.5, 0.6) is 0 Å². The predicted octanol–water partition coefficient (Wildman–Crippen LogP) is -0.590. The van der Waals surface area contributed by atoms with Gasteiger partial charge in [0.25, 0.3) is 0 Å². The van der Waals surface area contributed by atoms with Crippen LogP contribution in [-0.4, -0.2) is 37.9 Å². The third kappa shape index (κ3) is 2.93. The van der Waals surface area contributed by atoms with Crippen LogP contribution in [0, 0.1) is 0 Å². The van der Waals surface area contributed by atoms with Gasteiger partial charge >= 0.3 is 12.0 Å². The fourth-order valence-electron chi connectivity index (χ4n) is 0.805. The highest BCUT2D eigenvalue weighted by Gasteiger charge is 2.14. The van der Waals surface area contributed by atoms with Crippen molar-refractivity contribution >= 4 is 17.9 Å². The predicted molar refractivity (Wildman–Crippen MR) is 50.3 cm³/mol. The largest absolute Gasteiger partial charge is 0.480 e. The first-order valence-electron chi connectivity index (χ1n) is 4.15. The molecule has 82 valence electrons. The molecule has 15 heavy (non-hydrogen) atoms. The standard InChI is InChI=1S/C7H11N5O3/c1-4(5(13)14)10-7(15)11-6-8-3-9-12(6)2/h3-4H,1-2H3,(H,13,14)(H2,8,9,10,11,15)/t4-/m0/s1. The molecule has 0 bridgehead atoms. The van der Waals surface area contributed by atoms with Crippen molar-refractivity contribution in [1.82, 2.24) is 20.1 Å². The van der Waals surface area contributed by atoms with Crippen molar-refractivity contribution in [1.29, 1.82) is 0 Å². The first kappa shape index (κ1) is 11.0. The van der Waals surface area contributed by atoms with E-state index in [1.807, 2.05) is 0 Å². The highest BCUT2D eigenvalue weighted by atomic mass is 16.4. The van der Waals surface area contributed by atoms with E-state index in [2.05, 4.69) is 20.7 Å². The summed E-state index contributed by atoms with van der Waals surface area (Å²) in [5.74, 6) is -0.867. The molecular weight excluding hydrogens is 202 g/mol. The zero-order valence-corrected chi connectivity index (χ0v) is 8.26. The van der Waals surface area contributed by atoms with Crippen LogP contribution in [0.3, 0.4) is 0 Å². The van der Waals surface area contributed by atoms with Crippen molar-refractivity contribution in [3.8, 4) is 0 Å². The molecule has 1 atom stereocenters. The number of aryl methyl sites for hydroxylation is 1. The van der Waals surface area contributed by atoms with Crippen LogP contribution in [0.15, 0.2) is 6.33 Å². The number of amides is 2. The molecule has 0 aromatic carbocycles. The topological polar surface area (TPSA) is 109 Å². The summed E-state index contributed by atoms with van der Waals surface area (Å²) >= 11 is 0. The van der Waals surface area contributed by atoms with E-state index in [4.69, 9.17) is 5.11 Å². The van der Waals surface area contributed by atoms with Crippen molar-refractivity contribution < 1.29 is 14.7 Å². The zero-order chi connectivity index (χ0) is 11.4. The summed E-state index contributed by atoms with van der Waals surface area (Å²) in [5.41, 5.74) is 0. The lowest BCUT2D eigenvalue weighted by molar-refractivity contribution is -0.138. The summed E-state index contributed by atoms with van der Waals surface area (Å²) in [6.07, 6.45) is 1.27. The second kappa shape index (κ2) is 4.40. The summed E-state index contributed by atoms with van der Waals surface area (Å²) in [6, 6.07) is -1.60. The minimum atomic E-state index is -1.11. The maximum atomic E-state index is 11.2. The molecule has 2 amide bonds. The average molecular weight is 213 g/mol. The Kier molecular flexibility index (Phi) is 3.21. The fourth-order valence-corrected chi connectivity index (χ4v) is 0.805. The molecule has 1 aromatic heterocycles. The number of aliphatic carboxylic acids is 1. The molecule has 1 heterocycles. The van der Waals surface area contributed by atoms with Crippen molar-refractivity contribution in [2.24, 2.45) is 7.05 Å². The summed E-state index contributed by atoms with van der Waals surface area (Å²) < 4.78 is 1.35. The van der Waals surface area contributed by atoms with E-state index in [9.17, 15) is 9.59 Å². The van der Waals surface area contributed by atoms with Gasteiger partial charge in [-0.3, -0.25) is 10.1 Å². The molecular formula is C7H11N5O3. The first-order chi connectivity index (χ1) is 7.00. The van der Waals surface area contributed by atoms with Gasteiger partial charge in [-0.2, -0.15) is 10.1 Å². The molecule has 0 unspecified atom stereocenters. The molecule has 0 aliphatic heterocycles. The van der Waals surface area contributed by atoms with E-state index < -0.39 is 18.0 Å². The summed E-state index contributed by atoms with van der Waals surface area (Å²) in [5, 5.41) is 16.8. The molecule has 0 saturated carbocycles. The highest BCUT2D eigenvalue weighted by Crippen LogP contribution is 1.97. The van der Waals surface area contributed by atoms with Crippen LogP contribution in [-0.2, 0) is 11.8 Å². The highest BCUT2D eigenvalue weighted by molar-refractivity contribution is 5.90. The molecule has 0 aliphatic carbocycles. The van der Waals surface area contributed by atoms with Crippen molar-refractivity contribution in [2.45, 2.75) is 13.0 Å². The van der Waals surface area contributed by atoms with Crippen LogP contribution in [0.4, 0.5) is 10.7 Å². The number of carbonyl (C=O) groups excluding carboxylic acids is 1. The lowest BCUT2D eigenvalue weighted by Crippen LogP contribution is -2.41. The Morgan fingerprint density at radius 1 is 1.60 bits per heavy atom. The molecule has 0 spiro atoms. The molecule has 3 N–H and O–H groups in total. The Hall–Kier alpha value is -2.12. The number of nitrogens with zero attached hydrogens (tertiary/aromatic N) is 3. The maximum absolute atomic E-state index is 11.2. The molecule has 8 nitrogen and oxygen atoms in total. The van der Waals surface area contributed by atoms with Gasteiger partial charge in [-0.1, -0.05) is 0 Å². The quantitative estimate of drug-likeness (QED) is 0.621. The normalized spacial score (nSPS) is 11.9. The van der Waals surface area contributed by atoms with Gasteiger partial charge < -0.3 is 10.4 Å². The number of urea groups is 1. The van der Waals surface area contributed by atoms with Crippen molar-refractivity contribution in [3.05, 3.63) is 6.33 Å². The second-order valence-electron chi connectivity index (χ2n) is 2.87. The Labute approximate surface area is 85.3 Å². The number of carbonyl (C=O) groups is 2. The summed E-state index contributed by atoms with van der Waals surface area (Å²) in [6.45, 7) is 1.36. The van der Waals surface area contributed by atoms with E-state index in [0.717, 1.165) is 0 Å². The molecule has 0 fully saturated rings. The van der Waals surface area contributed by atoms with E-state index in [0.29, 0.717) is 0 Å². The van der Waals surface area contributed by atoms with E-state index in [1.54, 1.807) is 7.05 Å². The Morgan fingerprint density at radius 2 is 2.27 bits per heavy atom. The molecule has 1 aromatic rings. The smallest absolute Gasteiger partial charge is 0.325 e. The van der Waals surface area contributed by atoms with E-state index in [-0.39, 0.29) is 5.95 Å². The van der Waals surface area contributed by atoms with Gasteiger partial charge in [0.2, 0.25) is 5.95 Å². The number of rotatable bonds is 3. The zero-order valence-electron chi connectivity index (χ0n) is 8.26. The first-order valence-corrected chi connectivity index (χ1v) is 4.15.